The molecule has 0 radical (unpaired) electrons. The molecule has 2 saturated carbocycles. The molecule has 2 unspecified atom stereocenters. The summed E-state index contributed by atoms with van der Waals surface area (Å²) in [6.07, 6.45) is 6.92. The van der Waals surface area contributed by atoms with Gasteiger partial charge in [0.25, 0.3) is 0 Å². The molecule has 0 aliphatic heterocycles. The molecular weight excluding hydrogens is 302 g/mol. The molecule has 3 rings (SSSR count). The second kappa shape index (κ2) is 5.45. The van der Waals surface area contributed by atoms with Crippen molar-refractivity contribution in [3.63, 3.8) is 0 Å². The summed E-state index contributed by atoms with van der Waals surface area (Å²) in [4.78, 5) is 0. The lowest BCUT2D eigenvalue weighted by molar-refractivity contribution is -0.0755. The zero-order valence-electron chi connectivity index (χ0n) is 11.5. The van der Waals surface area contributed by atoms with Crippen molar-refractivity contribution >= 4 is 15.9 Å². The lowest BCUT2D eigenvalue weighted by Crippen LogP contribution is -2.63. The number of benzene rings is 1. The third-order valence-corrected chi connectivity index (χ3v) is 5.34. The Balaban J connectivity index is 1.72. The van der Waals surface area contributed by atoms with Gasteiger partial charge in [0, 0.05) is 22.4 Å². The number of rotatable bonds is 4. The van der Waals surface area contributed by atoms with Crippen LogP contribution in [0.1, 0.15) is 39.0 Å². The van der Waals surface area contributed by atoms with Crippen LogP contribution >= 0.6 is 15.9 Å². The summed E-state index contributed by atoms with van der Waals surface area (Å²) in [6.45, 7) is 3.27. The summed E-state index contributed by atoms with van der Waals surface area (Å²) < 4.78 is 7.37. The maximum Gasteiger partial charge on any atom is 0.120 e. The fraction of sp³-hybridized carbons (Fsp3) is 0.625. The summed E-state index contributed by atoms with van der Waals surface area (Å²) in [7, 11) is 0. The van der Waals surface area contributed by atoms with Gasteiger partial charge in [-0.2, -0.15) is 0 Å². The van der Waals surface area contributed by atoms with E-state index in [0.29, 0.717) is 17.6 Å². The highest BCUT2D eigenvalue weighted by Crippen LogP contribution is 2.54. The lowest BCUT2D eigenvalue weighted by atomic mass is 9.60. The second-order valence-electron chi connectivity index (χ2n) is 5.85. The molecule has 2 atom stereocenters. The van der Waals surface area contributed by atoms with E-state index < -0.39 is 0 Å². The molecule has 2 fully saturated rings. The van der Waals surface area contributed by atoms with Crippen LogP contribution in [0.4, 0.5) is 0 Å². The molecule has 19 heavy (non-hydrogen) atoms. The summed E-state index contributed by atoms with van der Waals surface area (Å²) in [5.41, 5.74) is 0.401. The largest absolute Gasteiger partial charge is 0.490 e. The number of ether oxygens (including phenoxy) is 1. The van der Waals surface area contributed by atoms with E-state index in [4.69, 9.17) is 4.74 Å². The lowest BCUT2D eigenvalue weighted by Gasteiger charge is -2.54. The van der Waals surface area contributed by atoms with Crippen LogP contribution in [-0.4, -0.2) is 18.7 Å². The van der Waals surface area contributed by atoms with Crippen molar-refractivity contribution in [3.05, 3.63) is 28.7 Å². The summed E-state index contributed by atoms with van der Waals surface area (Å²) in [5.74, 6) is 1.00. The van der Waals surface area contributed by atoms with Crippen LogP contribution in [-0.2, 0) is 0 Å². The topological polar surface area (TPSA) is 21.3 Å². The SMILES string of the molecule is CCNC1CC(Oc2cccc(Br)c2)C12CCCC2. The summed E-state index contributed by atoms with van der Waals surface area (Å²) in [6, 6.07) is 8.89. The van der Waals surface area contributed by atoms with Crippen molar-refractivity contribution in [2.45, 2.75) is 51.2 Å². The fourth-order valence-corrected chi connectivity index (χ4v) is 4.23. The van der Waals surface area contributed by atoms with Crippen LogP contribution < -0.4 is 10.1 Å². The van der Waals surface area contributed by atoms with Gasteiger partial charge in [-0.25, -0.2) is 0 Å². The molecule has 0 aromatic heterocycles. The third-order valence-electron chi connectivity index (χ3n) is 4.84. The highest BCUT2D eigenvalue weighted by Gasteiger charge is 2.57. The molecule has 2 nitrogen and oxygen atoms in total. The summed E-state index contributed by atoms with van der Waals surface area (Å²) in [5, 5.41) is 3.65. The number of nitrogens with one attached hydrogen (secondary N) is 1. The molecule has 2 aliphatic rings. The third kappa shape index (κ3) is 2.43. The van der Waals surface area contributed by atoms with E-state index in [2.05, 4.69) is 40.3 Å². The highest BCUT2D eigenvalue weighted by atomic mass is 79.9. The molecule has 0 amide bonds. The average molecular weight is 324 g/mol. The van der Waals surface area contributed by atoms with Gasteiger partial charge in [-0.3, -0.25) is 0 Å². The Bertz CT molecular complexity index is 442. The Hall–Kier alpha value is -0.540. The van der Waals surface area contributed by atoms with E-state index in [-0.39, 0.29) is 0 Å². The molecule has 1 spiro atoms. The minimum atomic E-state index is 0.397. The van der Waals surface area contributed by atoms with Gasteiger partial charge in [0.15, 0.2) is 0 Å². The van der Waals surface area contributed by atoms with Gasteiger partial charge in [0.05, 0.1) is 0 Å². The Morgan fingerprint density at radius 1 is 1.37 bits per heavy atom. The van der Waals surface area contributed by atoms with E-state index in [9.17, 15) is 0 Å². The quantitative estimate of drug-likeness (QED) is 0.899. The van der Waals surface area contributed by atoms with E-state index in [0.717, 1.165) is 23.2 Å². The molecule has 0 bridgehead atoms. The Kier molecular flexibility index (Phi) is 3.86. The van der Waals surface area contributed by atoms with E-state index in [1.54, 1.807) is 0 Å². The first-order valence-electron chi connectivity index (χ1n) is 7.40. The van der Waals surface area contributed by atoms with Gasteiger partial charge >= 0.3 is 0 Å². The standard InChI is InChI=1S/C16H22BrNO/c1-2-18-14-11-15(16(14)8-3-4-9-16)19-13-7-5-6-12(17)10-13/h5-7,10,14-15,18H,2-4,8-9,11H2,1H3. The van der Waals surface area contributed by atoms with Crippen molar-refractivity contribution in [2.24, 2.45) is 5.41 Å². The zero-order valence-corrected chi connectivity index (χ0v) is 13.1. The number of hydrogen-bond acceptors (Lipinski definition) is 2. The maximum atomic E-state index is 6.28. The van der Waals surface area contributed by atoms with Crippen molar-refractivity contribution in [2.75, 3.05) is 6.54 Å². The molecular formula is C16H22BrNO. The Labute approximate surface area is 124 Å². The smallest absolute Gasteiger partial charge is 0.120 e. The van der Waals surface area contributed by atoms with Gasteiger partial charge in [0.2, 0.25) is 0 Å². The van der Waals surface area contributed by atoms with Gasteiger partial charge in [-0.15, -0.1) is 0 Å². The van der Waals surface area contributed by atoms with Crippen molar-refractivity contribution in [3.8, 4) is 5.75 Å². The van der Waals surface area contributed by atoms with Crippen molar-refractivity contribution < 1.29 is 4.74 Å². The van der Waals surface area contributed by atoms with E-state index >= 15 is 0 Å². The van der Waals surface area contributed by atoms with Crippen molar-refractivity contribution in [1.29, 1.82) is 0 Å². The summed E-state index contributed by atoms with van der Waals surface area (Å²) >= 11 is 3.51. The molecule has 3 heteroatoms. The van der Waals surface area contributed by atoms with Crippen LogP contribution in [0.25, 0.3) is 0 Å². The molecule has 0 saturated heterocycles. The Morgan fingerprint density at radius 3 is 2.84 bits per heavy atom. The second-order valence-corrected chi connectivity index (χ2v) is 6.77. The minimum absolute atomic E-state index is 0.397. The van der Waals surface area contributed by atoms with Gasteiger partial charge in [-0.1, -0.05) is 41.8 Å². The van der Waals surface area contributed by atoms with Crippen LogP contribution in [0.5, 0.6) is 5.75 Å². The van der Waals surface area contributed by atoms with Crippen molar-refractivity contribution in [1.82, 2.24) is 5.32 Å². The van der Waals surface area contributed by atoms with E-state index in [1.165, 1.54) is 25.7 Å². The molecule has 104 valence electrons. The molecule has 1 aromatic carbocycles. The maximum absolute atomic E-state index is 6.28. The predicted molar refractivity (Wildman–Crippen MR) is 81.5 cm³/mol. The number of hydrogen-bond donors (Lipinski definition) is 1. The first kappa shape index (κ1) is 13.4. The van der Waals surface area contributed by atoms with Gasteiger partial charge in [-0.05, 0) is 37.6 Å². The van der Waals surface area contributed by atoms with Crippen LogP contribution in [0.3, 0.4) is 0 Å². The fourth-order valence-electron chi connectivity index (χ4n) is 3.85. The normalized spacial score (nSPS) is 28.3. The van der Waals surface area contributed by atoms with Gasteiger partial charge in [0.1, 0.15) is 11.9 Å². The zero-order chi connectivity index (χ0) is 13.3. The predicted octanol–water partition coefficient (Wildman–Crippen LogP) is 4.14. The Morgan fingerprint density at radius 2 is 2.16 bits per heavy atom. The molecule has 1 aromatic rings. The molecule has 0 heterocycles. The number of halogens is 1. The van der Waals surface area contributed by atoms with Crippen LogP contribution in [0.15, 0.2) is 28.7 Å². The van der Waals surface area contributed by atoms with Gasteiger partial charge < -0.3 is 10.1 Å². The first-order chi connectivity index (χ1) is 9.24. The molecule has 1 N–H and O–H groups in total. The van der Waals surface area contributed by atoms with Crippen LogP contribution in [0, 0.1) is 5.41 Å². The minimum Gasteiger partial charge on any atom is -0.490 e. The molecule has 2 aliphatic carbocycles. The monoisotopic (exact) mass is 323 g/mol. The average Bonchev–Trinajstić information content (AvgIpc) is 2.90. The highest BCUT2D eigenvalue weighted by molar-refractivity contribution is 9.10. The first-order valence-corrected chi connectivity index (χ1v) is 8.19. The van der Waals surface area contributed by atoms with Crippen LogP contribution in [0.2, 0.25) is 0 Å². The van der Waals surface area contributed by atoms with E-state index in [1.807, 2.05) is 12.1 Å².